The first-order chi connectivity index (χ1) is 12.3. The molecule has 1 aliphatic carbocycles. The van der Waals surface area contributed by atoms with E-state index in [1.54, 1.807) is 0 Å². The highest BCUT2D eigenvalue weighted by Gasteiger charge is 2.28. The number of benzene rings is 1. The summed E-state index contributed by atoms with van der Waals surface area (Å²) in [5.74, 6) is -0.642. The lowest BCUT2D eigenvalue weighted by Crippen LogP contribution is -2.44. The molecule has 1 saturated carbocycles. The summed E-state index contributed by atoms with van der Waals surface area (Å²) in [5.41, 5.74) is 6.38. The minimum Gasteiger partial charge on any atom is -0.483 e. The van der Waals surface area contributed by atoms with Crippen molar-refractivity contribution in [3.63, 3.8) is 0 Å². The van der Waals surface area contributed by atoms with Crippen molar-refractivity contribution in [3.8, 4) is 5.75 Å². The summed E-state index contributed by atoms with van der Waals surface area (Å²) < 4.78 is 29.6. The van der Waals surface area contributed by atoms with E-state index in [9.17, 15) is 18.0 Å². The zero-order valence-corrected chi connectivity index (χ0v) is 16.0. The first-order valence-electron chi connectivity index (χ1n) is 8.77. The van der Waals surface area contributed by atoms with Gasteiger partial charge in [0, 0.05) is 6.42 Å². The summed E-state index contributed by atoms with van der Waals surface area (Å²) >= 11 is 0. The summed E-state index contributed by atoms with van der Waals surface area (Å²) in [4.78, 5) is 23.5. The molecule has 26 heavy (non-hydrogen) atoms. The summed E-state index contributed by atoms with van der Waals surface area (Å²) in [6.45, 7) is 3.55. The van der Waals surface area contributed by atoms with Crippen LogP contribution < -0.4 is 15.6 Å². The Balaban J connectivity index is 1.69. The van der Waals surface area contributed by atoms with Crippen LogP contribution in [0.1, 0.15) is 43.2 Å². The van der Waals surface area contributed by atoms with Gasteiger partial charge < -0.3 is 4.74 Å². The maximum absolute atomic E-state index is 12.1. The van der Waals surface area contributed by atoms with E-state index in [-0.39, 0.29) is 24.0 Å². The van der Waals surface area contributed by atoms with E-state index in [2.05, 4.69) is 10.9 Å². The Morgan fingerprint density at radius 2 is 1.77 bits per heavy atom. The summed E-state index contributed by atoms with van der Waals surface area (Å²) in [5, 5.41) is -0.323. The summed E-state index contributed by atoms with van der Waals surface area (Å²) in [6.07, 6.45) is 3.03. The molecule has 1 aliphatic rings. The molecule has 0 saturated heterocycles. The third-order valence-corrected chi connectivity index (χ3v) is 6.73. The lowest BCUT2D eigenvalue weighted by molar-refractivity contribution is -0.129. The van der Waals surface area contributed by atoms with Crippen molar-refractivity contribution in [2.24, 2.45) is 0 Å². The van der Waals surface area contributed by atoms with Gasteiger partial charge in [-0.1, -0.05) is 25.0 Å². The van der Waals surface area contributed by atoms with Gasteiger partial charge in [-0.3, -0.25) is 20.4 Å². The van der Waals surface area contributed by atoms with E-state index in [0.29, 0.717) is 18.6 Å². The van der Waals surface area contributed by atoms with E-state index in [1.165, 1.54) is 0 Å². The maximum atomic E-state index is 12.1. The predicted octanol–water partition coefficient (Wildman–Crippen LogP) is 1.58. The zero-order chi connectivity index (χ0) is 19.2. The summed E-state index contributed by atoms with van der Waals surface area (Å²) in [6, 6.07) is 5.67. The Morgan fingerprint density at radius 3 is 2.46 bits per heavy atom. The Morgan fingerprint density at radius 1 is 1.12 bits per heavy atom. The van der Waals surface area contributed by atoms with Gasteiger partial charge in [0.15, 0.2) is 16.4 Å². The first-order valence-corrected chi connectivity index (χ1v) is 10.5. The number of carbonyl (C=O) groups excluding carboxylic acids is 2. The van der Waals surface area contributed by atoms with Gasteiger partial charge in [-0.05, 0) is 43.9 Å². The number of amides is 2. The molecule has 0 radical (unpaired) electrons. The lowest BCUT2D eigenvalue weighted by atomic mass is 10.1. The zero-order valence-electron chi connectivity index (χ0n) is 15.2. The standard InChI is InChI=1S/C18H26N2O5S/c1-13-7-8-14(2)16(11-13)25-12-18(22)20-19-17(21)9-10-26(23,24)15-5-3-4-6-15/h7-8,11,15H,3-6,9-10,12H2,1-2H3,(H,19,21)(H,20,22). The van der Waals surface area contributed by atoms with Crippen LogP contribution in [0.3, 0.4) is 0 Å². The lowest BCUT2D eigenvalue weighted by Gasteiger charge is -2.12. The third kappa shape index (κ3) is 6.01. The van der Waals surface area contributed by atoms with Crippen molar-refractivity contribution in [1.82, 2.24) is 10.9 Å². The van der Waals surface area contributed by atoms with E-state index in [1.807, 2.05) is 32.0 Å². The van der Waals surface area contributed by atoms with Crippen LogP contribution in [0.5, 0.6) is 5.75 Å². The molecule has 2 rings (SSSR count). The van der Waals surface area contributed by atoms with Crippen LogP contribution in [0.15, 0.2) is 18.2 Å². The van der Waals surface area contributed by atoms with Gasteiger partial charge in [-0.2, -0.15) is 0 Å². The van der Waals surface area contributed by atoms with Crippen molar-refractivity contribution >= 4 is 21.7 Å². The Bertz CT molecular complexity index is 755. The van der Waals surface area contributed by atoms with Crippen molar-refractivity contribution in [2.75, 3.05) is 12.4 Å². The van der Waals surface area contributed by atoms with Crippen LogP contribution >= 0.6 is 0 Å². The normalized spacial score (nSPS) is 14.8. The van der Waals surface area contributed by atoms with Gasteiger partial charge in [0.1, 0.15) is 5.75 Å². The molecule has 0 aromatic heterocycles. The molecule has 0 atom stereocenters. The van der Waals surface area contributed by atoms with E-state index in [0.717, 1.165) is 24.0 Å². The van der Waals surface area contributed by atoms with Crippen LogP contribution in [0, 0.1) is 13.8 Å². The molecule has 1 aromatic carbocycles. The highest BCUT2D eigenvalue weighted by atomic mass is 32.2. The molecule has 2 N–H and O–H groups in total. The molecule has 7 nitrogen and oxygen atoms in total. The van der Waals surface area contributed by atoms with E-state index < -0.39 is 21.7 Å². The number of rotatable bonds is 7. The maximum Gasteiger partial charge on any atom is 0.276 e. The smallest absolute Gasteiger partial charge is 0.276 e. The van der Waals surface area contributed by atoms with E-state index >= 15 is 0 Å². The fourth-order valence-corrected chi connectivity index (χ4v) is 4.75. The topological polar surface area (TPSA) is 102 Å². The second-order valence-corrected chi connectivity index (χ2v) is 9.08. The van der Waals surface area contributed by atoms with Gasteiger partial charge in [-0.25, -0.2) is 8.42 Å². The number of hydrogen-bond acceptors (Lipinski definition) is 5. The quantitative estimate of drug-likeness (QED) is 0.697. The van der Waals surface area contributed by atoms with Gasteiger partial charge in [0.2, 0.25) is 5.91 Å². The second kappa shape index (κ2) is 9.02. The Labute approximate surface area is 154 Å². The molecule has 0 heterocycles. The molecule has 8 heteroatoms. The molecule has 0 bridgehead atoms. The molecule has 1 aromatic rings. The molecular formula is C18H26N2O5S. The second-order valence-electron chi connectivity index (χ2n) is 6.68. The SMILES string of the molecule is Cc1ccc(C)c(OCC(=O)NNC(=O)CCS(=O)(=O)C2CCCC2)c1. The molecule has 144 valence electrons. The molecule has 0 unspecified atom stereocenters. The van der Waals surface area contributed by atoms with Gasteiger partial charge in [0.25, 0.3) is 5.91 Å². The number of aryl methyl sites for hydroxylation is 2. The van der Waals surface area contributed by atoms with Crippen LogP contribution in [-0.2, 0) is 19.4 Å². The van der Waals surface area contributed by atoms with Gasteiger partial charge >= 0.3 is 0 Å². The number of hydrazine groups is 1. The average molecular weight is 382 g/mol. The third-order valence-electron chi connectivity index (χ3n) is 4.47. The van der Waals surface area contributed by atoms with E-state index in [4.69, 9.17) is 4.74 Å². The number of carbonyl (C=O) groups is 2. The van der Waals surface area contributed by atoms with Gasteiger partial charge in [0.05, 0.1) is 11.0 Å². The average Bonchev–Trinajstić information content (AvgIpc) is 3.14. The fraction of sp³-hybridized carbons (Fsp3) is 0.556. The minimum atomic E-state index is -3.25. The fourth-order valence-electron chi connectivity index (χ4n) is 2.89. The molecule has 0 aliphatic heterocycles. The Hall–Kier alpha value is -2.09. The van der Waals surface area contributed by atoms with Crippen LogP contribution in [-0.4, -0.2) is 37.8 Å². The number of nitrogens with one attached hydrogen (secondary N) is 2. The monoisotopic (exact) mass is 382 g/mol. The first kappa shape index (κ1) is 20.2. The Kier molecular flexibility index (Phi) is 7.02. The van der Waals surface area contributed by atoms with Crippen LogP contribution in [0.25, 0.3) is 0 Å². The van der Waals surface area contributed by atoms with Crippen LogP contribution in [0.2, 0.25) is 0 Å². The van der Waals surface area contributed by atoms with Crippen molar-refractivity contribution in [1.29, 1.82) is 0 Å². The molecule has 2 amide bonds. The van der Waals surface area contributed by atoms with Crippen molar-refractivity contribution < 1.29 is 22.7 Å². The molecule has 1 fully saturated rings. The number of ether oxygens (including phenoxy) is 1. The van der Waals surface area contributed by atoms with Gasteiger partial charge in [-0.15, -0.1) is 0 Å². The highest BCUT2D eigenvalue weighted by molar-refractivity contribution is 7.92. The number of hydrogen-bond donors (Lipinski definition) is 2. The molecular weight excluding hydrogens is 356 g/mol. The molecule has 0 spiro atoms. The van der Waals surface area contributed by atoms with Crippen molar-refractivity contribution in [2.45, 2.75) is 51.2 Å². The minimum absolute atomic E-state index is 0.170. The summed E-state index contributed by atoms with van der Waals surface area (Å²) in [7, 11) is -3.25. The largest absolute Gasteiger partial charge is 0.483 e. The van der Waals surface area contributed by atoms with Crippen LogP contribution in [0.4, 0.5) is 0 Å². The highest BCUT2D eigenvalue weighted by Crippen LogP contribution is 2.25. The number of sulfone groups is 1. The van der Waals surface area contributed by atoms with Crippen molar-refractivity contribution in [3.05, 3.63) is 29.3 Å². The predicted molar refractivity (Wildman–Crippen MR) is 98.4 cm³/mol.